The number of hydrogen-bond acceptors (Lipinski definition) is 5. The van der Waals surface area contributed by atoms with E-state index in [0.717, 1.165) is 16.8 Å². The fourth-order valence-electron chi connectivity index (χ4n) is 3.10. The molecular formula is C24H26N2O3S. The minimum Gasteiger partial charge on any atom is -0.504 e. The largest absolute Gasteiger partial charge is 0.504 e. The Balaban J connectivity index is 1.98. The van der Waals surface area contributed by atoms with Gasteiger partial charge in [0.05, 0.1) is 17.2 Å². The van der Waals surface area contributed by atoms with E-state index in [1.54, 1.807) is 17.0 Å². The number of aliphatic imine (C=N–C) groups is 1. The van der Waals surface area contributed by atoms with E-state index in [1.165, 1.54) is 11.8 Å². The van der Waals surface area contributed by atoms with Crippen LogP contribution in [-0.4, -0.2) is 34.2 Å². The summed E-state index contributed by atoms with van der Waals surface area (Å²) in [6.07, 6.45) is 4.05. The normalized spacial score (nSPS) is 16.5. The first-order valence-corrected chi connectivity index (χ1v) is 10.7. The number of hydrogen-bond donors (Lipinski definition) is 1. The van der Waals surface area contributed by atoms with Gasteiger partial charge in [0.15, 0.2) is 16.7 Å². The molecule has 6 heteroatoms. The molecule has 0 atom stereocenters. The molecule has 0 bridgehead atoms. The average molecular weight is 423 g/mol. The minimum absolute atomic E-state index is 0.0790. The molecule has 0 aromatic heterocycles. The van der Waals surface area contributed by atoms with Crippen molar-refractivity contribution in [2.24, 2.45) is 4.99 Å². The molecule has 0 radical (unpaired) electrons. The van der Waals surface area contributed by atoms with Crippen LogP contribution in [0.4, 0.5) is 5.69 Å². The van der Waals surface area contributed by atoms with Gasteiger partial charge in [0, 0.05) is 12.1 Å². The van der Waals surface area contributed by atoms with Crippen LogP contribution < -0.4 is 4.74 Å². The smallest absolute Gasteiger partial charge is 0.266 e. The summed E-state index contributed by atoms with van der Waals surface area (Å²) < 4.78 is 5.57. The van der Waals surface area contributed by atoms with Gasteiger partial charge in [-0.1, -0.05) is 23.8 Å². The first-order valence-electron chi connectivity index (χ1n) is 9.93. The fourth-order valence-corrected chi connectivity index (χ4v) is 4.16. The van der Waals surface area contributed by atoms with E-state index >= 15 is 0 Å². The Hall–Kier alpha value is -2.99. The first kappa shape index (κ1) is 21.7. The first-order chi connectivity index (χ1) is 14.5. The van der Waals surface area contributed by atoms with Crippen LogP contribution in [0, 0.1) is 6.92 Å². The van der Waals surface area contributed by atoms with Gasteiger partial charge < -0.3 is 9.84 Å². The molecule has 30 heavy (non-hydrogen) atoms. The molecule has 0 spiro atoms. The number of aryl methyl sites for hydroxylation is 1. The topological polar surface area (TPSA) is 62.1 Å². The molecule has 1 aliphatic rings. The number of phenolic OH excluding ortho intramolecular Hbond substituents is 1. The van der Waals surface area contributed by atoms with E-state index in [2.05, 4.69) is 11.6 Å². The number of phenols is 1. The van der Waals surface area contributed by atoms with Crippen LogP contribution in [-0.2, 0) is 11.2 Å². The minimum atomic E-state index is -0.0790. The maximum Gasteiger partial charge on any atom is 0.266 e. The van der Waals surface area contributed by atoms with Gasteiger partial charge in [-0.3, -0.25) is 9.69 Å². The van der Waals surface area contributed by atoms with E-state index in [4.69, 9.17) is 4.74 Å². The highest BCUT2D eigenvalue weighted by atomic mass is 32.2. The van der Waals surface area contributed by atoms with Crippen molar-refractivity contribution in [3.05, 3.63) is 70.6 Å². The van der Waals surface area contributed by atoms with E-state index in [-0.39, 0.29) is 11.7 Å². The van der Waals surface area contributed by atoms with Crippen molar-refractivity contribution in [1.82, 2.24) is 4.90 Å². The number of benzene rings is 2. The molecular weight excluding hydrogens is 396 g/mol. The van der Waals surface area contributed by atoms with E-state index < -0.39 is 0 Å². The highest BCUT2D eigenvalue weighted by Gasteiger charge is 2.32. The molecule has 0 saturated carbocycles. The maximum atomic E-state index is 12.9. The molecule has 3 rings (SSSR count). The summed E-state index contributed by atoms with van der Waals surface area (Å²) in [5, 5.41) is 11.1. The molecule has 2 aromatic carbocycles. The predicted octanol–water partition coefficient (Wildman–Crippen LogP) is 5.45. The summed E-state index contributed by atoms with van der Waals surface area (Å²) in [4.78, 5) is 19.9. The molecule has 5 nitrogen and oxygen atoms in total. The lowest BCUT2D eigenvalue weighted by molar-refractivity contribution is -0.122. The third-order valence-corrected chi connectivity index (χ3v) is 5.61. The second kappa shape index (κ2) is 9.67. The number of rotatable bonds is 7. The number of nitrogens with zero attached hydrogens (tertiary/aromatic N) is 2. The number of thioether (sulfide) groups is 1. The molecule has 0 aliphatic carbocycles. The number of carbonyl (C=O) groups is 1. The zero-order valence-electron chi connectivity index (χ0n) is 17.5. The van der Waals surface area contributed by atoms with Gasteiger partial charge in [0.25, 0.3) is 5.91 Å². The van der Waals surface area contributed by atoms with Crippen LogP contribution in [0.25, 0.3) is 6.08 Å². The zero-order valence-corrected chi connectivity index (χ0v) is 18.3. The number of likely N-dealkylation sites (N-methyl/N-ethyl adjacent to an activating group) is 1. The Morgan fingerprint density at radius 1 is 1.23 bits per heavy atom. The van der Waals surface area contributed by atoms with Crippen molar-refractivity contribution in [2.45, 2.75) is 27.2 Å². The Morgan fingerprint density at radius 2 is 1.97 bits per heavy atom. The van der Waals surface area contributed by atoms with Gasteiger partial charge in [-0.15, -0.1) is 6.58 Å². The van der Waals surface area contributed by atoms with Crippen molar-refractivity contribution in [3.63, 3.8) is 0 Å². The molecule has 1 saturated heterocycles. The van der Waals surface area contributed by atoms with Gasteiger partial charge in [-0.05, 0) is 74.9 Å². The van der Waals surface area contributed by atoms with Crippen LogP contribution in [0.3, 0.4) is 0 Å². The van der Waals surface area contributed by atoms with Crippen molar-refractivity contribution in [1.29, 1.82) is 0 Å². The van der Waals surface area contributed by atoms with Crippen LogP contribution in [0.2, 0.25) is 0 Å². The Bertz CT molecular complexity index is 1010. The number of amidine groups is 1. The standard InChI is InChI=1S/C24H26N2O3S/c1-5-8-18-13-17(14-20(22(18)27)29-7-3)15-21-23(28)26(6-2)24(30-21)25-19-11-9-16(4)10-12-19/h5,9-15,27H,1,6-8H2,2-4H3/b21-15+,25-24?. The summed E-state index contributed by atoms with van der Waals surface area (Å²) in [5.74, 6) is 0.436. The second-order valence-electron chi connectivity index (χ2n) is 6.84. The quantitative estimate of drug-likeness (QED) is 0.476. The SMILES string of the molecule is C=CCc1cc(/C=C2/SC(=Nc3ccc(C)cc3)N(CC)C2=O)cc(OCC)c1O. The third-order valence-electron chi connectivity index (χ3n) is 4.60. The van der Waals surface area contributed by atoms with Crippen LogP contribution >= 0.6 is 11.8 Å². The summed E-state index contributed by atoms with van der Waals surface area (Å²) in [6, 6.07) is 11.5. The predicted molar refractivity (Wildman–Crippen MR) is 124 cm³/mol. The molecule has 156 valence electrons. The fraction of sp³-hybridized carbons (Fsp3) is 0.250. The van der Waals surface area contributed by atoms with Crippen molar-refractivity contribution < 1.29 is 14.6 Å². The number of aromatic hydroxyl groups is 1. The summed E-state index contributed by atoms with van der Waals surface area (Å²) in [7, 11) is 0. The second-order valence-corrected chi connectivity index (χ2v) is 7.85. The molecule has 1 fully saturated rings. The van der Waals surface area contributed by atoms with Gasteiger partial charge in [0.2, 0.25) is 0 Å². The highest BCUT2D eigenvalue weighted by Crippen LogP contribution is 2.37. The summed E-state index contributed by atoms with van der Waals surface area (Å²) in [6.45, 7) is 10.5. The lowest BCUT2D eigenvalue weighted by atomic mass is 10.1. The lowest BCUT2D eigenvalue weighted by Gasteiger charge is -2.12. The molecule has 1 N–H and O–H groups in total. The van der Waals surface area contributed by atoms with Gasteiger partial charge in [0.1, 0.15) is 0 Å². The molecule has 1 heterocycles. The Labute approximate surface area is 181 Å². The van der Waals surface area contributed by atoms with Crippen molar-refractivity contribution in [2.75, 3.05) is 13.2 Å². The highest BCUT2D eigenvalue weighted by molar-refractivity contribution is 8.18. The van der Waals surface area contributed by atoms with E-state index in [9.17, 15) is 9.90 Å². The van der Waals surface area contributed by atoms with Crippen LogP contribution in [0.5, 0.6) is 11.5 Å². The van der Waals surface area contributed by atoms with Crippen LogP contribution in [0.1, 0.15) is 30.5 Å². The monoisotopic (exact) mass is 422 g/mol. The van der Waals surface area contributed by atoms with E-state index in [1.807, 2.05) is 57.2 Å². The Morgan fingerprint density at radius 3 is 2.60 bits per heavy atom. The Kier molecular flexibility index (Phi) is 7.00. The van der Waals surface area contributed by atoms with Gasteiger partial charge >= 0.3 is 0 Å². The average Bonchev–Trinajstić information content (AvgIpc) is 3.01. The summed E-state index contributed by atoms with van der Waals surface area (Å²) >= 11 is 1.35. The van der Waals surface area contributed by atoms with Gasteiger partial charge in [-0.25, -0.2) is 4.99 Å². The van der Waals surface area contributed by atoms with Crippen LogP contribution in [0.15, 0.2) is 59.0 Å². The lowest BCUT2D eigenvalue weighted by Crippen LogP contribution is -2.28. The number of allylic oxidation sites excluding steroid dienone is 1. The van der Waals surface area contributed by atoms with E-state index in [0.29, 0.717) is 41.0 Å². The summed E-state index contributed by atoms with van der Waals surface area (Å²) in [5.41, 5.74) is 3.47. The number of carbonyl (C=O) groups excluding carboxylic acids is 1. The number of amides is 1. The number of ether oxygens (including phenoxy) is 1. The van der Waals surface area contributed by atoms with Gasteiger partial charge in [-0.2, -0.15) is 0 Å². The molecule has 1 aliphatic heterocycles. The molecule has 1 amide bonds. The third kappa shape index (κ3) is 4.76. The molecule has 2 aromatic rings. The van der Waals surface area contributed by atoms with Crippen molar-refractivity contribution >= 4 is 34.6 Å². The molecule has 0 unspecified atom stereocenters. The zero-order chi connectivity index (χ0) is 21.7. The van der Waals surface area contributed by atoms with Crippen molar-refractivity contribution in [3.8, 4) is 11.5 Å². The maximum absolute atomic E-state index is 12.9.